The van der Waals surface area contributed by atoms with Crippen molar-refractivity contribution in [2.45, 2.75) is 26.5 Å². The lowest BCUT2D eigenvalue weighted by Gasteiger charge is -2.13. The summed E-state index contributed by atoms with van der Waals surface area (Å²) >= 11 is 0. The fourth-order valence-electron chi connectivity index (χ4n) is 1.55. The van der Waals surface area contributed by atoms with Gasteiger partial charge in [0.05, 0.1) is 0 Å². The van der Waals surface area contributed by atoms with Crippen LogP contribution in [-0.2, 0) is 20.9 Å². The summed E-state index contributed by atoms with van der Waals surface area (Å²) < 4.78 is 6.23. The topological polar surface area (TPSA) is 99.0 Å². The predicted molar refractivity (Wildman–Crippen MR) is 73.2 cm³/mol. The SMILES string of the molecule is Cc1ccc(NC(=O)[C@@H](C)OC(=O)Cn2cnnn2)cc1. The smallest absolute Gasteiger partial charge is 0.328 e. The predicted octanol–water partition coefficient (Wildman–Crippen LogP) is 0.552. The van der Waals surface area contributed by atoms with E-state index in [1.807, 2.05) is 19.1 Å². The third-order valence-corrected chi connectivity index (χ3v) is 2.68. The normalized spacial score (nSPS) is 11.7. The number of benzene rings is 1. The number of esters is 1. The second-order valence-corrected chi connectivity index (χ2v) is 4.49. The standard InChI is InChI=1S/C13H15N5O3/c1-9-3-5-11(6-4-9)15-13(20)10(2)21-12(19)7-18-8-14-16-17-18/h3-6,8,10H,7H2,1-2H3,(H,15,20)/t10-/m1/s1. The number of carbonyl (C=O) groups excluding carboxylic acids is 2. The number of amides is 1. The van der Waals surface area contributed by atoms with E-state index in [-0.39, 0.29) is 6.54 Å². The summed E-state index contributed by atoms with van der Waals surface area (Å²) in [7, 11) is 0. The summed E-state index contributed by atoms with van der Waals surface area (Å²) in [5.41, 5.74) is 1.74. The lowest BCUT2D eigenvalue weighted by atomic mass is 10.2. The van der Waals surface area contributed by atoms with Gasteiger partial charge in [0, 0.05) is 5.69 Å². The molecule has 1 amide bonds. The monoisotopic (exact) mass is 289 g/mol. The van der Waals surface area contributed by atoms with Crippen LogP contribution in [0.25, 0.3) is 0 Å². The van der Waals surface area contributed by atoms with E-state index in [9.17, 15) is 9.59 Å². The van der Waals surface area contributed by atoms with Crippen LogP contribution in [0.4, 0.5) is 5.69 Å². The Morgan fingerprint density at radius 1 is 1.33 bits per heavy atom. The maximum absolute atomic E-state index is 11.9. The van der Waals surface area contributed by atoms with Crippen LogP contribution in [0.2, 0.25) is 0 Å². The zero-order valence-corrected chi connectivity index (χ0v) is 11.7. The van der Waals surface area contributed by atoms with Gasteiger partial charge in [0.2, 0.25) is 0 Å². The van der Waals surface area contributed by atoms with E-state index in [0.717, 1.165) is 5.56 Å². The minimum absolute atomic E-state index is 0.144. The van der Waals surface area contributed by atoms with Crippen molar-refractivity contribution in [3.05, 3.63) is 36.2 Å². The molecule has 0 fully saturated rings. The fourth-order valence-corrected chi connectivity index (χ4v) is 1.55. The Balaban J connectivity index is 1.84. The summed E-state index contributed by atoms with van der Waals surface area (Å²) in [6, 6.07) is 7.32. The highest BCUT2D eigenvalue weighted by molar-refractivity contribution is 5.95. The van der Waals surface area contributed by atoms with Gasteiger partial charge in [0.1, 0.15) is 12.9 Å². The van der Waals surface area contributed by atoms with Gasteiger partial charge in [-0.1, -0.05) is 17.7 Å². The molecule has 1 N–H and O–H groups in total. The molecule has 2 rings (SSSR count). The minimum atomic E-state index is -0.907. The zero-order chi connectivity index (χ0) is 15.2. The number of hydrogen-bond acceptors (Lipinski definition) is 6. The van der Waals surface area contributed by atoms with Crippen LogP contribution >= 0.6 is 0 Å². The molecule has 21 heavy (non-hydrogen) atoms. The molecule has 0 spiro atoms. The van der Waals surface area contributed by atoms with E-state index in [1.165, 1.54) is 17.9 Å². The van der Waals surface area contributed by atoms with E-state index in [1.54, 1.807) is 12.1 Å². The van der Waals surface area contributed by atoms with Crippen molar-refractivity contribution in [3.8, 4) is 0 Å². The summed E-state index contributed by atoms with van der Waals surface area (Å²) in [6.45, 7) is 3.31. The van der Waals surface area contributed by atoms with Crippen molar-refractivity contribution in [1.82, 2.24) is 20.2 Å². The van der Waals surface area contributed by atoms with Gasteiger partial charge >= 0.3 is 5.97 Å². The molecular weight excluding hydrogens is 274 g/mol. The molecule has 8 heteroatoms. The first-order chi connectivity index (χ1) is 10.0. The summed E-state index contributed by atoms with van der Waals surface area (Å²) in [6.07, 6.45) is 0.383. The molecule has 2 aromatic rings. The van der Waals surface area contributed by atoms with Crippen LogP contribution in [0.5, 0.6) is 0 Å². The number of tetrazole rings is 1. The minimum Gasteiger partial charge on any atom is -0.451 e. The Morgan fingerprint density at radius 3 is 2.67 bits per heavy atom. The number of anilines is 1. The van der Waals surface area contributed by atoms with E-state index in [0.29, 0.717) is 5.69 Å². The Labute approximate surface area is 121 Å². The summed E-state index contributed by atoms with van der Waals surface area (Å²) in [5, 5.41) is 13.0. The fraction of sp³-hybridized carbons (Fsp3) is 0.308. The number of nitrogens with one attached hydrogen (secondary N) is 1. The molecule has 1 aromatic heterocycles. The number of rotatable bonds is 5. The van der Waals surface area contributed by atoms with Crippen LogP contribution in [0.1, 0.15) is 12.5 Å². The van der Waals surface area contributed by atoms with Gasteiger partial charge in [-0.3, -0.25) is 9.59 Å². The molecule has 1 aromatic carbocycles. The molecule has 8 nitrogen and oxygen atoms in total. The van der Waals surface area contributed by atoms with Crippen molar-refractivity contribution in [3.63, 3.8) is 0 Å². The highest BCUT2D eigenvalue weighted by Crippen LogP contribution is 2.09. The molecule has 0 saturated carbocycles. The van der Waals surface area contributed by atoms with Crippen LogP contribution < -0.4 is 5.32 Å². The average molecular weight is 289 g/mol. The number of carbonyl (C=O) groups is 2. The summed E-state index contributed by atoms with van der Waals surface area (Å²) in [4.78, 5) is 23.5. The van der Waals surface area contributed by atoms with E-state index in [4.69, 9.17) is 4.74 Å². The molecule has 0 bridgehead atoms. The summed E-state index contributed by atoms with van der Waals surface area (Å²) in [5.74, 6) is -0.988. The third kappa shape index (κ3) is 4.37. The van der Waals surface area contributed by atoms with Crippen molar-refractivity contribution in [2.24, 2.45) is 0 Å². The van der Waals surface area contributed by atoms with Crippen LogP contribution in [0.3, 0.4) is 0 Å². The van der Waals surface area contributed by atoms with Gasteiger partial charge in [-0.05, 0) is 36.4 Å². The second-order valence-electron chi connectivity index (χ2n) is 4.49. The number of aryl methyl sites for hydroxylation is 1. The molecule has 0 unspecified atom stereocenters. The molecule has 0 aliphatic rings. The number of hydrogen-bond donors (Lipinski definition) is 1. The van der Waals surface area contributed by atoms with E-state index >= 15 is 0 Å². The Morgan fingerprint density at radius 2 is 2.05 bits per heavy atom. The first kappa shape index (κ1) is 14.6. The molecule has 0 aliphatic heterocycles. The lowest BCUT2D eigenvalue weighted by Crippen LogP contribution is -2.31. The third-order valence-electron chi connectivity index (χ3n) is 2.68. The molecule has 1 heterocycles. The van der Waals surface area contributed by atoms with Crippen molar-refractivity contribution < 1.29 is 14.3 Å². The van der Waals surface area contributed by atoms with Gasteiger partial charge in [-0.15, -0.1) is 5.10 Å². The van der Waals surface area contributed by atoms with Crippen LogP contribution in [0.15, 0.2) is 30.6 Å². The first-order valence-electron chi connectivity index (χ1n) is 6.32. The van der Waals surface area contributed by atoms with Crippen molar-refractivity contribution in [2.75, 3.05) is 5.32 Å². The second kappa shape index (κ2) is 6.60. The van der Waals surface area contributed by atoms with Crippen LogP contribution in [-0.4, -0.2) is 38.2 Å². The number of aromatic nitrogens is 4. The Kier molecular flexibility index (Phi) is 4.60. The molecular formula is C13H15N5O3. The van der Waals surface area contributed by atoms with E-state index < -0.39 is 18.0 Å². The number of nitrogens with zero attached hydrogens (tertiary/aromatic N) is 4. The molecule has 0 radical (unpaired) electrons. The highest BCUT2D eigenvalue weighted by atomic mass is 16.5. The Bertz CT molecular complexity index is 609. The van der Waals surface area contributed by atoms with Gasteiger partial charge < -0.3 is 10.1 Å². The lowest BCUT2D eigenvalue weighted by molar-refractivity contribution is -0.153. The van der Waals surface area contributed by atoms with Crippen molar-refractivity contribution in [1.29, 1.82) is 0 Å². The van der Waals surface area contributed by atoms with Crippen LogP contribution in [0, 0.1) is 6.92 Å². The van der Waals surface area contributed by atoms with E-state index in [2.05, 4.69) is 20.8 Å². The van der Waals surface area contributed by atoms with Crippen molar-refractivity contribution >= 4 is 17.6 Å². The highest BCUT2D eigenvalue weighted by Gasteiger charge is 2.18. The van der Waals surface area contributed by atoms with Gasteiger partial charge in [-0.25, -0.2) is 4.68 Å². The molecule has 0 saturated heterocycles. The quantitative estimate of drug-likeness (QED) is 0.807. The molecule has 110 valence electrons. The van der Waals surface area contributed by atoms with Gasteiger partial charge in [0.15, 0.2) is 6.10 Å². The maximum Gasteiger partial charge on any atom is 0.328 e. The Hall–Kier alpha value is -2.77. The van der Waals surface area contributed by atoms with Gasteiger partial charge in [0.25, 0.3) is 5.91 Å². The number of ether oxygens (including phenoxy) is 1. The zero-order valence-electron chi connectivity index (χ0n) is 11.7. The molecule has 0 aliphatic carbocycles. The average Bonchev–Trinajstić information content (AvgIpc) is 2.94. The first-order valence-corrected chi connectivity index (χ1v) is 6.32. The largest absolute Gasteiger partial charge is 0.451 e. The van der Waals surface area contributed by atoms with Gasteiger partial charge in [-0.2, -0.15) is 0 Å². The molecule has 1 atom stereocenters. The maximum atomic E-state index is 11.9.